The molecule has 1 aromatic heterocycles. The molecule has 2 N–H and O–H groups in total. The number of benzene rings is 2. The molecule has 0 amide bonds. The summed E-state index contributed by atoms with van der Waals surface area (Å²) in [6.45, 7) is 0.613. The van der Waals surface area contributed by atoms with Crippen LogP contribution in [0.5, 0.6) is 0 Å². The van der Waals surface area contributed by atoms with Crippen molar-refractivity contribution >= 4 is 29.1 Å². The second kappa shape index (κ2) is 6.91. The van der Waals surface area contributed by atoms with Crippen molar-refractivity contribution < 1.29 is 0 Å². The molecule has 0 aliphatic carbocycles. The molecule has 2 aromatic carbocycles. The number of halogens is 1. The van der Waals surface area contributed by atoms with Crippen molar-refractivity contribution in [3.05, 3.63) is 77.4 Å². The Kier molecular flexibility index (Phi) is 4.51. The van der Waals surface area contributed by atoms with Gasteiger partial charge in [0.25, 0.3) is 0 Å². The van der Waals surface area contributed by atoms with Crippen LogP contribution in [0.4, 0.5) is 17.5 Å². The summed E-state index contributed by atoms with van der Waals surface area (Å²) in [6, 6.07) is 19.4. The van der Waals surface area contributed by atoms with Crippen LogP contribution < -0.4 is 10.6 Å². The first-order chi connectivity index (χ1) is 10.8. The van der Waals surface area contributed by atoms with Gasteiger partial charge in [-0.25, -0.2) is 4.98 Å². The Hall–Kier alpha value is -2.59. The van der Waals surface area contributed by atoms with Crippen LogP contribution in [0.3, 0.4) is 0 Å². The van der Waals surface area contributed by atoms with Gasteiger partial charge >= 0.3 is 0 Å². The summed E-state index contributed by atoms with van der Waals surface area (Å²) in [5, 5.41) is 7.16. The Labute approximate surface area is 134 Å². The number of nitrogens with one attached hydrogen (secondary N) is 2. The van der Waals surface area contributed by atoms with Gasteiger partial charge in [-0.1, -0.05) is 48.0 Å². The monoisotopic (exact) mass is 310 g/mol. The fraction of sp³-hybridized carbons (Fsp3) is 0.0588. The fourth-order valence-corrected chi connectivity index (χ4v) is 2.20. The molecular formula is C17H15ClN4. The predicted molar refractivity (Wildman–Crippen MR) is 90.5 cm³/mol. The first-order valence-corrected chi connectivity index (χ1v) is 7.31. The van der Waals surface area contributed by atoms with Gasteiger partial charge in [-0.05, 0) is 29.8 Å². The average Bonchev–Trinajstić information content (AvgIpc) is 2.55. The van der Waals surface area contributed by atoms with E-state index in [4.69, 9.17) is 11.6 Å². The maximum absolute atomic E-state index is 6.14. The van der Waals surface area contributed by atoms with Gasteiger partial charge in [0.15, 0.2) is 0 Å². The SMILES string of the molecule is Clc1ccccc1CNc1ccnc(Nc2ccccc2)n1. The van der Waals surface area contributed by atoms with Gasteiger partial charge < -0.3 is 10.6 Å². The zero-order valence-electron chi connectivity index (χ0n) is 11.8. The third-order valence-corrected chi connectivity index (χ3v) is 3.47. The second-order valence-corrected chi connectivity index (χ2v) is 5.11. The third kappa shape index (κ3) is 3.74. The van der Waals surface area contributed by atoms with Crippen LogP contribution in [0.15, 0.2) is 66.9 Å². The summed E-state index contributed by atoms with van der Waals surface area (Å²) in [4.78, 5) is 8.66. The molecule has 0 fully saturated rings. The molecule has 0 bridgehead atoms. The highest BCUT2D eigenvalue weighted by Gasteiger charge is 2.02. The van der Waals surface area contributed by atoms with Crippen molar-refractivity contribution in [3.63, 3.8) is 0 Å². The molecule has 3 aromatic rings. The van der Waals surface area contributed by atoms with Crippen LogP contribution in [-0.2, 0) is 6.54 Å². The average molecular weight is 311 g/mol. The lowest BCUT2D eigenvalue weighted by Crippen LogP contribution is -2.04. The summed E-state index contributed by atoms with van der Waals surface area (Å²) in [6.07, 6.45) is 1.72. The topological polar surface area (TPSA) is 49.8 Å². The van der Waals surface area contributed by atoms with E-state index in [-0.39, 0.29) is 0 Å². The fourth-order valence-electron chi connectivity index (χ4n) is 2.00. The molecular weight excluding hydrogens is 296 g/mol. The lowest BCUT2D eigenvalue weighted by Gasteiger charge is -2.09. The number of nitrogens with zero attached hydrogens (tertiary/aromatic N) is 2. The number of rotatable bonds is 5. The number of aromatic nitrogens is 2. The zero-order valence-corrected chi connectivity index (χ0v) is 12.6. The molecule has 0 aliphatic rings. The summed E-state index contributed by atoms with van der Waals surface area (Å²) < 4.78 is 0. The molecule has 3 rings (SSSR count). The van der Waals surface area contributed by atoms with Crippen LogP contribution in [0.1, 0.15) is 5.56 Å². The number of para-hydroxylation sites is 1. The summed E-state index contributed by atoms with van der Waals surface area (Å²) in [5.74, 6) is 1.30. The second-order valence-electron chi connectivity index (χ2n) is 4.70. The van der Waals surface area contributed by atoms with Gasteiger partial charge in [0.05, 0.1) is 0 Å². The molecule has 0 spiro atoms. The van der Waals surface area contributed by atoms with E-state index in [1.54, 1.807) is 6.20 Å². The highest BCUT2D eigenvalue weighted by Crippen LogP contribution is 2.17. The van der Waals surface area contributed by atoms with E-state index in [1.165, 1.54) is 0 Å². The van der Waals surface area contributed by atoms with Gasteiger partial charge in [-0.3, -0.25) is 0 Å². The summed E-state index contributed by atoms with van der Waals surface area (Å²) in [5.41, 5.74) is 1.98. The van der Waals surface area contributed by atoms with Gasteiger partial charge in [0.2, 0.25) is 5.95 Å². The maximum atomic E-state index is 6.14. The number of anilines is 3. The molecule has 22 heavy (non-hydrogen) atoms. The third-order valence-electron chi connectivity index (χ3n) is 3.10. The molecule has 4 nitrogen and oxygen atoms in total. The highest BCUT2D eigenvalue weighted by atomic mass is 35.5. The van der Waals surface area contributed by atoms with E-state index in [9.17, 15) is 0 Å². The standard InChI is InChI=1S/C17H15ClN4/c18-15-9-5-4-6-13(15)12-20-16-10-11-19-17(22-16)21-14-7-2-1-3-8-14/h1-11H,12H2,(H2,19,20,21,22). The first kappa shape index (κ1) is 14.4. The van der Waals surface area contributed by atoms with Gasteiger partial charge in [-0.2, -0.15) is 4.98 Å². The van der Waals surface area contributed by atoms with Crippen LogP contribution in [-0.4, -0.2) is 9.97 Å². The van der Waals surface area contributed by atoms with E-state index in [1.807, 2.05) is 60.7 Å². The van der Waals surface area contributed by atoms with Crippen molar-refractivity contribution in [2.75, 3.05) is 10.6 Å². The molecule has 0 aliphatic heterocycles. The smallest absolute Gasteiger partial charge is 0.229 e. The normalized spacial score (nSPS) is 10.2. The molecule has 0 saturated heterocycles. The Morgan fingerprint density at radius 1 is 0.909 bits per heavy atom. The minimum atomic E-state index is 0.551. The molecule has 0 unspecified atom stereocenters. The Morgan fingerprint density at radius 3 is 2.50 bits per heavy atom. The molecule has 110 valence electrons. The Morgan fingerprint density at radius 2 is 1.68 bits per heavy atom. The van der Waals surface area contributed by atoms with Crippen molar-refractivity contribution in [3.8, 4) is 0 Å². The van der Waals surface area contributed by atoms with Gasteiger partial charge in [0, 0.05) is 23.5 Å². The molecule has 0 atom stereocenters. The van der Waals surface area contributed by atoms with E-state index in [2.05, 4.69) is 20.6 Å². The van der Waals surface area contributed by atoms with Crippen LogP contribution in [0.2, 0.25) is 5.02 Å². The maximum Gasteiger partial charge on any atom is 0.229 e. The van der Waals surface area contributed by atoms with Crippen LogP contribution in [0.25, 0.3) is 0 Å². The van der Waals surface area contributed by atoms with Crippen molar-refractivity contribution in [1.29, 1.82) is 0 Å². The minimum absolute atomic E-state index is 0.551. The highest BCUT2D eigenvalue weighted by molar-refractivity contribution is 6.31. The predicted octanol–water partition coefficient (Wildman–Crippen LogP) is 4.49. The molecule has 1 heterocycles. The van der Waals surface area contributed by atoms with Crippen LogP contribution >= 0.6 is 11.6 Å². The zero-order chi connectivity index (χ0) is 15.2. The lowest BCUT2D eigenvalue weighted by atomic mass is 10.2. The number of hydrogen-bond acceptors (Lipinski definition) is 4. The van der Waals surface area contributed by atoms with E-state index >= 15 is 0 Å². The van der Waals surface area contributed by atoms with Crippen LogP contribution in [0, 0.1) is 0 Å². The summed E-state index contributed by atoms with van der Waals surface area (Å²) >= 11 is 6.14. The Balaban J connectivity index is 1.68. The molecule has 5 heteroatoms. The van der Waals surface area contributed by atoms with E-state index in [0.717, 1.165) is 22.1 Å². The lowest BCUT2D eigenvalue weighted by molar-refractivity contribution is 1.08. The van der Waals surface area contributed by atoms with Gasteiger partial charge in [-0.15, -0.1) is 0 Å². The van der Waals surface area contributed by atoms with E-state index in [0.29, 0.717) is 12.5 Å². The van der Waals surface area contributed by atoms with Crippen molar-refractivity contribution in [1.82, 2.24) is 9.97 Å². The number of hydrogen-bond donors (Lipinski definition) is 2. The molecule has 0 radical (unpaired) electrons. The minimum Gasteiger partial charge on any atom is -0.366 e. The quantitative estimate of drug-likeness (QED) is 0.729. The first-order valence-electron chi connectivity index (χ1n) is 6.94. The van der Waals surface area contributed by atoms with E-state index < -0.39 is 0 Å². The summed E-state index contributed by atoms with van der Waals surface area (Å²) in [7, 11) is 0. The Bertz CT molecular complexity index is 746. The molecule has 0 saturated carbocycles. The largest absolute Gasteiger partial charge is 0.366 e. The van der Waals surface area contributed by atoms with Gasteiger partial charge in [0.1, 0.15) is 5.82 Å². The van der Waals surface area contributed by atoms with Crippen molar-refractivity contribution in [2.24, 2.45) is 0 Å². The van der Waals surface area contributed by atoms with Crippen molar-refractivity contribution in [2.45, 2.75) is 6.54 Å².